The number of esters is 1. The number of hydrogen-bond donors (Lipinski definition) is 0. The molecule has 3 nitrogen and oxygen atoms in total. The molecular formula is C28H31NO2S. The molecule has 0 aliphatic heterocycles. The van der Waals surface area contributed by atoms with Gasteiger partial charge in [0.15, 0.2) is 0 Å². The lowest BCUT2D eigenvalue weighted by atomic mass is 9.99. The summed E-state index contributed by atoms with van der Waals surface area (Å²) in [5.41, 5.74) is 7.50. The van der Waals surface area contributed by atoms with Gasteiger partial charge in [0.05, 0.1) is 17.3 Å². The summed E-state index contributed by atoms with van der Waals surface area (Å²) in [5.74, 6) is -0.307. The Labute approximate surface area is 195 Å². The van der Waals surface area contributed by atoms with Gasteiger partial charge in [0.25, 0.3) is 0 Å². The summed E-state index contributed by atoms with van der Waals surface area (Å²) >= 11 is 1.71. The van der Waals surface area contributed by atoms with E-state index >= 15 is 0 Å². The summed E-state index contributed by atoms with van der Waals surface area (Å²) < 4.78 is 5.12. The number of ether oxygens (including phenoxy) is 1. The first kappa shape index (κ1) is 23.7. The van der Waals surface area contributed by atoms with Gasteiger partial charge >= 0.3 is 5.97 Å². The van der Waals surface area contributed by atoms with E-state index in [-0.39, 0.29) is 5.97 Å². The van der Waals surface area contributed by atoms with Crippen LogP contribution in [0.1, 0.15) is 54.3 Å². The maximum atomic E-state index is 11.3. The largest absolute Gasteiger partial charge is 0.462 e. The van der Waals surface area contributed by atoms with Gasteiger partial charge < -0.3 is 4.74 Å². The van der Waals surface area contributed by atoms with Gasteiger partial charge in [-0.25, -0.2) is 9.78 Å². The maximum absolute atomic E-state index is 11.3. The van der Waals surface area contributed by atoms with E-state index in [1.54, 1.807) is 18.3 Å². The van der Waals surface area contributed by atoms with Crippen molar-refractivity contribution in [3.8, 4) is 11.3 Å². The number of hydrogen-bond acceptors (Lipinski definition) is 4. The molecule has 0 unspecified atom stereocenters. The zero-order valence-corrected chi connectivity index (χ0v) is 19.8. The Morgan fingerprint density at radius 1 is 1.00 bits per heavy atom. The van der Waals surface area contributed by atoms with Crippen molar-refractivity contribution >= 4 is 22.9 Å². The predicted molar refractivity (Wildman–Crippen MR) is 135 cm³/mol. The van der Waals surface area contributed by atoms with Crippen LogP contribution in [0.2, 0.25) is 0 Å². The molecule has 0 atom stereocenters. The summed E-state index contributed by atoms with van der Waals surface area (Å²) in [4.78, 5) is 16.2. The average Bonchev–Trinajstić information content (AvgIpc) is 3.25. The van der Waals surface area contributed by atoms with E-state index in [1.165, 1.54) is 22.3 Å². The molecule has 0 aliphatic rings. The predicted octanol–water partition coefficient (Wildman–Crippen LogP) is 7.40. The number of rotatable bonds is 11. The number of aromatic nitrogens is 1. The topological polar surface area (TPSA) is 39.2 Å². The molecule has 0 N–H and O–H groups in total. The van der Waals surface area contributed by atoms with E-state index in [0.717, 1.165) is 48.4 Å². The van der Waals surface area contributed by atoms with Gasteiger partial charge in [-0.2, -0.15) is 0 Å². The van der Waals surface area contributed by atoms with Crippen molar-refractivity contribution < 1.29 is 9.53 Å². The number of carbonyl (C=O) groups is 1. The minimum absolute atomic E-state index is 0.307. The lowest BCUT2D eigenvalue weighted by molar-refractivity contribution is -0.139. The summed E-state index contributed by atoms with van der Waals surface area (Å²) in [6, 6.07) is 17.2. The molecule has 1 heterocycles. The molecule has 0 saturated heterocycles. The molecule has 0 radical (unpaired) electrons. The number of nitrogens with zero attached hydrogens (tertiary/aromatic N) is 1. The van der Waals surface area contributed by atoms with Crippen LogP contribution in [0.4, 0.5) is 0 Å². The normalized spacial score (nSPS) is 10.7. The van der Waals surface area contributed by atoms with Crippen molar-refractivity contribution in [1.82, 2.24) is 4.98 Å². The Bertz CT molecular complexity index is 1060. The van der Waals surface area contributed by atoms with Gasteiger partial charge in [0.2, 0.25) is 0 Å². The second kappa shape index (κ2) is 11.6. The fraction of sp³-hybridized carbons (Fsp3) is 0.286. The summed E-state index contributed by atoms with van der Waals surface area (Å²) in [5, 5.41) is 3.26. The van der Waals surface area contributed by atoms with Crippen molar-refractivity contribution in [2.75, 3.05) is 6.61 Å². The van der Waals surface area contributed by atoms with Crippen molar-refractivity contribution in [1.29, 1.82) is 0 Å². The molecule has 166 valence electrons. The molecule has 0 bridgehead atoms. The Kier molecular flexibility index (Phi) is 8.57. The van der Waals surface area contributed by atoms with Gasteiger partial charge in [0, 0.05) is 22.9 Å². The van der Waals surface area contributed by atoms with Crippen LogP contribution < -0.4 is 0 Å². The van der Waals surface area contributed by atoms with Crippen LogP contribution in [-0.2, 0) is 16.0 Å². The number of carbonyl (C=O) groups excluding carboxylic acids is 1. The molecule has 0 amide bonds. The van der Waals surface area contributed by atoms with Gasteiger partial charge in [-0.1, -0.05) is 67.3 Å². The summed E-state index contributed by atoms with van der Waals surface area (Å²) in [7, 11) is 0. The number of allylic oxidation sites excluding steroid dienone is 1. The van der Waals surface area contributed by atoms with Crippen LogP contribution in [0.25, 0.3) is 16.8 Å². The molecule has 32 heavy (non-hydrogen) atoms. The first-order chi connectivity index (χ1) is 15.4. The van der Waals surface area contributed by atoms with E-state index in [9.17, 15) is 4.79 Å². The first-order valence-corrected chi connectivity index (χ1v) is 11.9. The highest BCUT2D eigenvalue weighted by Crippen LogP contribution is 2.25. The second-order valence-corrected chi connectivity index (χ2v) is 9.14. The molecule has 3 rings (SSSR count). The number of benzene rings is 2. The van der Waals surface area contributed by atoms with Gasteiger partial charge in [-0.3, -0.25) is 0 Å². The van der Waals surface area contributed by atoms with Crippen LogP contribution in [0, 0.1) is 6.92 Å². The van der Waals surface area contributed by atoms with Crippen LogP contribution in [0.3, 0.4) is 0 Å². The molecule has 2 aromatic carbocycles. The Morgan fingerprint density at radius 3 is 2.41 bits per heavy atom. The molecule has 0 aliphatic carbocycles. The van der Waals surface area contributed by atoms with Gasteiger partial charge in [-0.15, -0.1) is 11.3 Å². The van der Waals surface area contributed by atoms with E-state index < -0.39 is 0 Å². The molecule has 0 fully saturated rings. The summed E-state index contributed by atoms with van der Waals surface area (Å²) in [6.45, 7) is 12.0. The van der Waals surface area contributed by atoms with Gasteiger partial charge in [0.1, 0.15) is 0 Å². The van der Waals surface area contributed by atoms with Crippen LogP contribution in [0.15, 0.2) is 72.6 Å². The van der Waals surface area contributed by atoms with E-state index in [4.69, 9.17) is 9.72 Å². The van der Waals surface area contributed by atoms with Crippen molar-refractivity contribution in [2.24, 2.45) is 0 Å². The molecule has 4 heteroatoms. The standard InChI is InChI=1S/C28H31NO2S/c1-20(2)28(30)31-17-7-5-6-8-22(4)24-15-11-23(12-16-24)18-27-29-26(19-32-27)25-13-9-21(3)10-14-25/h9-16,19H,1,4-8,17-18H2,2-3H3. The lowest BCUT2D eigenvalue weighted by Crippen LogP contribution is -2.06. The van der Waals surface area contributed by atoms with Crippen molar-refractivity contribution in [3.05, 3.63) is 94.3 Å². The van der Waals surface area contributed by atoms with Crippen LogP contribution >= 0.6 is 11.3 Å². The molecule has 0 saturated carbocycles. The third-order valence-electron chi connectivity index (χ3n) is 5.32. The third-order valence-corrected chi connectivity index (χ3v) is 6.17. The molecular weight excluding hydrogens is 414 g/mol. The smallest absolute Gasteiger partial charge is 0.333 e. The van der Waals surface area contributed by atoms with Crippen LogP contribution in [0.5, 0.6) is 0 Å². The molecule has 3 aromatic rings. The fourth-order valence-corrected chi connectivity index (χ4v) is 4.17. The SMILES string of the molecule is C=C(C)C(=O)OCCCCCC(=C)c1ccc(Cc2nc(-c3ccc(C)cc3)cs2)cc1. The quantitative estimate of drug-likeness (QED) is 0.175. The number of unbranched alkanes of at least 4 members (excludes halogenated alkanes) is 2. The Morgan fingerprint density at radius 2 is 1.72 bits per heavy atom. The minimum atomic E-state index is -0.307. The Hall–Kier alpha value is -2.98. The zero-order valence-electron chi connectivity index (χ0n) is 19.0. The average molecular weight is 446 g/mol. The highest BCUT2D eigenvalue weighted by Gasteiger charge is 2.07. The molecule has 1 aromatic heterocycles. The zero-order chi connectivity index (χ0) is 22.9. The van der Waals surface area contributed by atoms with Crippen molar-refractivity contribution in [3.63, 3.8) is 0 Å². The fourth-order valence-electron chi connectivity index (χ4n) is 3.33. The summed E-state index contributed by atoms with van der Waals surface area (Å²) in [6.07, 6.45) is 4.69. The number of aryl methyl sites for hydroxylation is 1. The van der Waals surface area contributed by atoms with E-state index in [0.29, 0.717) is 12.2 Å². The molecule has 0 spiro atoms. The highest BCUT2D eigenvalue weighted by molar-refractivity contribution is 7.10. The van der Waals surface area contributed by atoms with E-state index in [2.05, 4.69) is 74.0 Å². The number of thiazole rings is 1. The maximum Gasteiger partial charge on any atom is 0.333 e. The van der Waals surface area contributed by atoms with Gasteiger partial charge in [-0.05, 0) is 56.2 Å². The lowest BCUT2D eigenvalue weighted by Gasteiger charge is -2.08. The first-order valence-electron chi connectivity index (χ1n) is 11.0. The third kappa shape index (κ3) is 7.03. The highest BCUT2D eigenvalue weighted by atomic mass is 32.1. The van der Waals surface area contributed by atoms with E-state index in [1.807, 2.05) is 0 Å². The minimum Gasteiger partial charge on any atom is -0.462 e. The monoisotopic (exact) mass is 445 g/mol. The van der Waals surface area contributed by atoms with Crippen LogP contribution in [-0.4, -0.2) is 17.6 Å². The Balaban J connectivity index is 1.43. The second-order valence-electron chi connectivity index (χ2n) is 8.20. The van der Waals surface area contributed by atoms with Crippen molar-refractivity contribution in [2.45, 2.75) is 46.0 Å².